The van der Waals surface area contributed by atoms with Gasteiger partial charge in [-0.1, -0.05) is 25.1 Å². The summed E-state index contributed by atoms with van der Waals surface area (Å²) in [6, 6.07) is 9.41. The first-order valence-electron chi connectivity index (χ1n) is 5.32. The number of carbonyl (C=O) groups excluding carboxylic acids is 1. The maximum absolute atomic E-state index is 11.2. The fourth-order valence-corrected chi connectivity index (χ4v) is 1.39. The van der Waals surface area contributed by atoms with Gasteiger partial charge in [0.15, 0.2) is 11.6 Å². The number of esters is 1. The highest BCUT2D eigenvalue weighted by molar-refractivity contribution is 5.73. The van der Waals surface area contributed by atoms with Crippen molar-refractivity contribution in [3.05, 3.63) is 36.5 Å². The Labute approximate surface area is 98.8 Å². The lowest BCUT2D eigenvalue weighted by molar-refractivity contribution is -0.133. The van der Waals surface area contributed by atoms with Gasteiger partial charge in [0.1, 0.15) is 0 Å². The van der Waals surface area contributed by atoms with Gasteiger partial charge in [0.25, 0.3) is 0 Å². The van der Waals surface area contributed by atoms with E-state index >= 15 is 0 Å². The van der Waals surface area contributed by atoms with Crippen molar-refractivity contribution in [1.29, 1.82) is 0 Å². The minimum Gasteiger partial charge on any atom is -0.421 e. The number of nitrogens with two attached hydrogens (primary N) is 1. The SMILES string of the molecule is CCC(=O)Oc1cnn(-c2ccccc2)c1N. The molecular weight excluding hydrogens is 218 g/mol. The average Bonchev–Trinajstić information content (AvgIpc) is 2.72. The molecule has 2 aromatic rings. The molecule has 0 aliphatic rings. The first kappa shape index (κ1) is 11.2. The van der Waals surface area contributed by atoms with Crippen LogP contribution in [0.2, 0.25) is 0 Å². The molecular formula is C12H13N3O2. The van der Waals surface area contributed by atoms with Crippen LogP contribution in [0.15, 0.2) is 36.5 Å². The molecule has 1 aromatic carbocycles. The highest BCUT2D eigenvalue weighted by atomic mass is 16.5. The van der Waals surface area contributed by atoms with Crippen LogP contribution >= 0.6 is 0 Å². The number of para-hydroxylation sites is 1. The van der Waals surface area contributed by atoms with Crippen molar-refractivity contribution < 1.29 is 9.53 Å². The van der Waals surface area contributed by atoms with Crippen molar-refractivity contribution in [3.63, 3.8) is 0 Å². The zero-order chi connectivity index (χ0) is 12.3. The molecule has 2 rings (SSSR count). The summed E-state index contributed by atoms with van der Waals surface area (Å²) in [4.78, 5) is 11.2. The van der Waals surface area contributed by atoms with E-state index in [9.17, 15) is 4.79 Å². The van der Waals surface area contributed by atoms with Crippen LogP contribution in [-0.2, 0) is 4.79 Å². The normalized spacial score (nSPS) is 10.2. The summed E-state index contributed by atoms with van der Waals surface area (Å²) in [5.41, 5.74) is 6.68. The minimum atomic E-state index is -0.329. The van der Waals surface area contributed by atoms with Gasteiger partial charge in [0.05, 0.1) is 11.9 Å². The lowest BCUT2D eigenvalue weighted by Gasteiger charge is -2.04. The van der Waals surface area contributed by atoms with E-state index in [1.54, 1.807) is 6.92 Å². The number of benzene rings is 1. The number of carbonyl (C=O) groups is 1. The van der Waals surface area contributed by atoms with Crippen LogP contribution in [0.25, 0.3) is 5.69 Å². The fourth-order valence-electron chi connectivity index (χ4n) is 1.39. The Balaban J connectivity index is 2.30. The third-order valence-corrected chi connectivity index (χ3v) is 2.28. The van der Waals surface area contributed by atoms with E-state index in [1.165, 1.54) is 10.9 Å². The van der Waals surface area contributed by atoms with Gasteiger partial charge >= 0.3 is 5.97 Å². The molecule has 0 saturated heterocycles. The number of nitrogen functional groups attached to an aromatic ring is 1. The molecule has 0 aliphatic heterocycles. The van der Waals surface area contributed by atoms with Gasteiger partial charge in [0, 0.05) is 6.42 Å². The Morgan fingerprint density at radius 1 is 1.41 bits per heavy atom. The van der Waals surface area contributed by atoms with E-state index in [1.807, 2.05) is 30.3 Å². The summed E-state index contributed by atoms with van der Waals surface area (Å²) in [6.45, 7) is 1.72. The molecule has 88 valence electrons. The van der Waals surface area contributed by atoms with Gasteiger partial charge in [-0.15, -0.1) is 0 Å². The molecule has 0 bridgehead atoms. The quantitative estimate of drug-likeness (QED) is 0.817. The summed E-state index contributed by atoms with van der Waals surface area (Å²) in [7, 11) is 0. The van der Waals surface area contributed by atoms with E-state index in [-0.39, 0.29) is 5.97 Å². The van der Waals surface area contributed by atoms with Gasteiger partial charge in [-0.05, 0) is 12.1 Å². The van der Waals surface area contributed by atoms with E-state index < -0.39 is 0 Å². The molecule has 0 fully saturated rings. The highest BCUT2D eigenvalue weighted by Gasteiger charge is 2.12. The monoisotopic (exact) mass is 231 g/mol. The van der Waals surface area contributed by atoms with E-state index in [0.29, 0.717) is 18.0 Å². The second-order valence-corrected chi connectivity index (χ2v) is 3.47. The van der Waals surface area contributed by atoms with Crippen LogP contribution in [-0.4, -0.2) is 15.7 Å². The number of nitrogens with zero attached hydrogens (tertiary/aromatic N) is 2. The zero-order valence-corrected chi connectivity index (χ0v) is 9.46. The smallest absolute Gasteiger partial charge is 0.311 e. The summed E-state index contributed by atoms with van der Waals surface area (Å²) in [5.74, 6) is 0.281. The molecule has 0 atom stereocenters. The maximum Gasteiger partial charge on any atom is 0.311 e. The van der Waals surface area contributed by atoms with Crippen molar-refractivity contribution in [2.45, 2.75) is 13.3 Å². The van der Waals surface area contributed by atoms with E-state index in [4.69, 9.17) is 10.5 Å². The van der Waals surface area contributed by atoms with E-state index in [0.717, 1.165) is 5.69 Å². The number of ether oxygens (including phenoxy) is 1. The molecule has 2 N–H and O–H groups in total. The fraction of sp³-hybridized carbons (Fsp3) is 0.167. The lowest BCUT2D eigenvalue weighted by atomic mass is 10.3. The second kappa shape index (κ2) is 4.69. The molecule has 1 heterocycles. The number of anilines is 1. The average molecular weight is 231 g/mol. The molecule has 0 unspecified atom stereocenters. The largest absolute Gasteiger partial charge is 0.421 e. The van der Waals surface area contributed by atoms with Crippen molar-refractivity contribution in [3.8, 4) is 11.4 Å². The van der Waals surface area contributed by atoms with Crippen molar-refractivity contribution >= 4 is 11.8 Å². The number of hydrogen-bond donors (Lipinski definition) is 1. The highest BCUT2D eigenvalue weighted by Crippen LogP contribution is 2.23. The second-order valence-electron chi connectivity index (χ2n) is 3.47. The van der Waals surface area contributed by atoms with Crippen molar-refractivity contribution in [2.75, 3.05) is 5.73 Å². The third-order valence-electron chi connectivity index (χ3n) is 2.28. The molecule has 17 heavy (non-hydrogen) atoms. The van der Waals surface area contributed by atoms with Crippen LogP contribution < -0.4 is 10.5 Å². The molecule has 0 radical (unpaired) electrons. The van der Waals surface area contributed by atoms with Crippen molar-refractivity contribution in [2.24, 2.45) is 0 Å². The minimum absolute atomic E-state index is 0.292. The summed E-state index contributed by atoms with van der Waals surface area (Å²) >= 11 is 0. The lowest BCUT2D eigenvalue weighted by Crippen LogP contribution is -2.08. The van der Waals surface area contributed by atoms with Gasteiger partial charge in [-0.2, -0.15) is 5.10 Å². The number of rotatable bonds is 3. The Kier molecular flexibility index (Phi) is 3.09. The zero-order valence-electron chi connectivity index (χ0n) is 9.46. The first-order chi connectivity index (χ1) is 8.22. The van der Waals surface area contributed by atoms with Gasteiger partial charge in [-0.3, -0.25) is 4.79 Å². The predicted molar refractivity (Wildman–Crippen MR) is 63.9 cm³/mol. The van der Waals surface area contributed by atoms with Gasteiger partial charge in [-0.25, -0.2) is 4.68 Å². The maximum atomic E-state index is 11.2. The molecule has 0 aliphatic carbocycles. The first-order valence-corrected chi connectivity index (χ1v) is 5.32. The molecule has 5 nitrogen and oxygen atoms in total. The van der Waals surface area contributed by atoms with Crippen molar-refractivity contribution in [1.82, 2.24) is 9.78 Å². The summed E-state index contributed by atoms with van der Waals surface area (Å²) in [5, 5.41) is 4.09. The third kappa shape index (κ3) is 2.28. The Hall–Kier alpha value is -2.30. The molecule has 0 amide bonds. The van der Waals surface area contributed by atoms with E-state index in [2.05, 4.69) is 5.10 Å². The predicted octanol–water partition coefficient (Wildman–Crippen LogP) is 1.77. The van der Waals surface area contributed by atoms with Gasteiger partial charge in [0.2, 0.25) is 0 Å². The Morgan fingerprint density at radius 3 is 2.76 bits per heavy atom. The van der Waals surface area contributed by atoms with Gasteiger partial charge < -0.3 is 10.5 Å². The molecule has 1 aromatic heterocycles. The van der Waals surface area contributed by atoms with Crippen LogP contribution in [0.4, 0.5) is 5.82 Å². The van der Waals surface area contributed by atoms with Crippen LogP contribution in [0, 0.1) is 0 Å². The van der Waals surface area contributed by atoms with Crippen LogP contribution in [0.3, 0.4) is 0 Å². The Bertz CT molecular complexity index is 520. The van der Waals surface area contributed by atoms with Crippen LogP contribution in [0.1, 0.15) is 13.3 Å². The standard InChI is InChI=1S/C12H13N3O2/c1-2-11(16)17-10-8-14-15(12(10)13)9-6-4-3-5-7-9/h3-8H,2,13H2,1H3. The summed E-state index contributed by atoms with van der Waals surface area (Å²) < 4.78 is 6.58. The number of hydrogen-bond acceptors (Lipinski definition) is 4. The molecule has 0 spiro atoms. The molecule has 5 heteroatoms. The number of aromatic nitrogens is 2. The Morgan fingerprint density at radius 2 is 2.12 bits per heavy atom. The topological polar surface area (TPSA) is 70.1 Å². The molecule has 0 saturated carbocycles. The summed E-state index contributed by atoms with van der Waals surface area (Å²) in [6.07, 6.45) is 1.74. The van der Waals surface area contributed by atoms with Crippen LogP contribution in [0.5, 0.6) is 5.75 Å².